The minimum absolute atomic E-state index is 0.155. The number of rotatable bonds is 1. The van der Waals surface area contributed by atoms with Gasteiger partial charge in [-0.15, -0.1) is 11.3 Å². The van der Waals surface area contributed by atoms with Crippen LogP contribution in [0.1, 0.15) is 6.92 Å². The Kier molecular flexibility index (Phi) is 1.86. The quantitative estimate of drug-likeness (QED) is 0.630. The Morgan fingerprint density at radius 3 is 3.00 bits per heavy atom. The fourth-order valence-electron chi connectivity index (χ4n) is 0.516. The molecule has 0 atom stereocenters. The van der Waals surface area contributed by atoms with Crippen LogP contribution in [0.15, 0.2) is 5.51 Å². The first-order valence-electron chi connectivity index (χ1n) is 2.66. The topological polar surface area (TPSA) is 68.0 Å². The minimum Gasteiger partial charge on any atom is -0.387 e. The molecule has 0 saturated heterocycles. The zero-order chi connectivity index (χ0) is 7.56. The molecule has 0 aliphatic heterocycles. The molecule has 0 aromatic carbocycles. The van der Waals surface area contributed by atoms with Crippen molar-refractivity contribution in [2.45, 2.75) is 6.92 Å². The highest BCUT2D eigenvalue weighted by Crippen LogP contribution is 2.19. The SMILES string of the molecule is CC(=O)Nc1ncsc1N. The van der Waals surface area contributed by atoms with Gasteiger partial charge in [0.15, 0.2) is 5.82 Å². The van der Waals surface area contributed by atoms with Gasteiger partial charge in [-0.2, -0.15) is 0 Å². The maximum atomic E-state index is 10.5. The Morgan fingerprint density at radius 2 is 2.60 bits per heavy atom. The van der Waals surface area contributed by atoms with Crippen molar-refractivity contribution in [3.63, 3.8) is 0 Å². The maximum absolute atomic E-state index is 10.5. The van der Waals surface area contributed by atoms with E-state index in [1.807, 2.05) is 0 Å². The van der Waals surface area contributed by atoms with Gasteiger partial charge in [-0.05, 0) is 0 Å². The van der Waals surface area contributed by atoms with E-state index in [2.05, 4.69) is 10.3 Å². The van der Waals surface area contributed by atoms with Crippen LogP contribution in [0.5, 0.6) is 0 Å². The molecule has 5 heteroatoms. The molecule has 0 aliphatic rings. The van der Waals surface area contributed by atoms with Crippen LogP contribution in [0.2, 0.25) is 0 Å². The van der Waals surface area contributed by atoms with Gasteiger partial charge in [0.1, 0.15) is 5.00 Å². The smallest absolute Gasteiger partial charge is 0.222 e. The predicted molar refractivity (Wildman–Crippen MR) is 40.8 cm³/mol. The number of nitrogen functional groups attached to an aromatic ring is 1. The highest BCUT2D eigenvalue weighted by atomic mass is 32.1. The highest BCUT2D eigenvalue weighted by Gasteiger charge is 2.01. The molecule has 3 N–H and O–H groups in total. The molecule has 1 aromatic rings. The molecule has 0 spiro atoms. The fraction of sp³-hybridized carbons (Fsp3) is 0.200. The lowest BCUT2D eigenvalue weighted by Crippen LogP contribution is -2.07. The lowest BCUT2D eigenvalue weighted by molar-refractivity contribution is -0.114. The van der Waals surface area contributed by atoms with E-state index in [1.54, 1.807) is 5.51 Å². The van der Waals surface area contributed by atoms with Gasteiger partial charge in [0.25, 0.3) is 0 Å². The third-order valence-corrected chi connectivity index (χ3v) is 1.55. The van der Waals surface area contributed by atoms with Crippen LogP contribution in [0, 0.1) is 0 Å². The first kappa shape index (κ1) is 7.01. The van der Waals surface area contributed by atoms with Gasteiger partial charge in [-0.3, -0.25) is 4.79 Å². The number of carbonyl (C=O) groups excluding carboxylic acids is 1. The molecule has 1 rings (SSSR count). The van der Waals surface area contributed by atoms with Crippen LogP contribution in [-0.4, -0.2) is 10.9 Å². The van der Waals surface area contributed by atoms with Gasteiger partial charge in [-0.25, -0.2) is 4.98 Å². The zero-order valence-corrected chi connectivity index (χ0v) is 6.23. The molecule has 0 aliphatic carbocycles. The summed E-state index contributed by atoms with van der Waals surface area (Å²) in [6.07, 6.45) is 0. The number of anilines is 2. The molecule has 0 bridgehead atoms. The van der Waals surface area contributed by atoms with Crippen LogP contribution >= 0.6 is 11.3 Å². The number of nitrogens with zero attached hydrogens (tertiary/aromatic N) is 1. The lowest BCUT2D eigenvalue weighted by Gasteiger charge is -1.95. The standard InChI is InChI=1S/C5H7N3OS/c1-3(9)8-5-4(6)10-2-7-5/h2H,6H2,1H3,(H,8,9). The highest BCUT2D eigenvalue weighted by molar-refractivity contribution is 7.14. The normalized spacial score (nSPS) is 9.30. The predicted octanol–water partition coefficient (Wildman–Crippen LogP) is 0.684. The second-order valence-corrected chi connectivity index (χ2v) is 2.63. The van der Waals surface area contributed by atoms with E-state index in [0.717, 1.165) is 0 Å². The Bertz CT molecular complexity index is 245. The monoisotopic (exact) mass is 157 g/mol. The number of thiazole rings is 1. The van der Waals surface area contributed by atoms with Crippen molar-refractivity contribution in [2.75, 3.05) is 11.1 Å². The molecule has 0 fully saturated rings. The Balaban J connectivity index is 2.74. The van der Waals surface area contributed by atoms with Crippen LogP contribution in [0.4, 0.5) is 10.8 Å². The first-order valence-corrected chi connectivity index (χ1v) is 3.54. The Labute approximate surface area is 62.1 Å². The maximum Gasteiger partial charge on any atom is 0.222 e. The van der Waals surface area contributed by atoms with Crippen molar-refractivity contribution in [1.29, 1.82) is 0 Å². The van der Waals surface area contributed by atoms with Crippen LogP contribution < -0.4 is 11.1 Å². The van der Waals surface area contributed by atoms with E-state index in [0.29, 0.717) is 10.8 Å². The molecular weight excluding hydrogens is 150 g/mol. The van der Waals surface area contributed by atoms with Gasteiger partial charge in [0.05, 0.1) is 5.51 Å². The van der Waals surface area contributed by atoms with E-state index in [-0.39, 0.29) is 5.91 Å². The van der Waals surface area contributed by atoms with Crippen LogP contribution in [0.25, 0.3) is 0 Å². The third kappa shape index (κ3) is 1.44. The molecule has 1 amide bonds. The number of hydrogen-bond donors (Lipinski definition) is 2. The van der Waals surface area contributed by atoms with E-state index in [9.17, 15) is 4.79 Å². The number of hydrogen-bond acceptors (Lipinski definition) is 4. The molecule has 0 unspecified atom stereocenters. The van der Waals surface area contributed by atoms with E-state index >= 15 is 0 Å². The summed E-state index contributed by atoms with van der Waals surface area (Å²) >= 11 is 1.30. The summed E-state index contributed by atoms with van der Waals surface area (Å²) in [5, 5.41) is 3.03. The first-order chi connectivity index (χ1) is 4.70. The van der Waals surface area contributed by atoms with Crippen molar-refractivity contribution in [3.8, 4) is 0 Å². The summed E-state index contributed by atoms with van der Waals surface area (Å²) < 4.78 is 0. The number of nitrogens with two attached hydrogens (primary N) is 1. The second-order valence-electron chi connectivity index (χ2n) is 1.75. The largest absolute Gasteiger partial charge is 0.387 e. The average molecular weight is 157 g/mol. The van der Waals surface area contributed by atoms with Crippen molar-refractivity contribution in [2.24, 2.45) is 0 Å². The summed E-state index contributed by atoms with van der Waals surface area (Å²) in [5.41, 5.74) is 7.01. The fourth-order valence-corrected chi connectivity index (χ4v) is 1.00. The average Bonchev–Trinajstić information content (AvgIpc) is 2.15. The molecule has 54 valence electrons. The van der Waals surface area contributed by atoms with E-state index in [1.165, 1.54) is 18.3 Å². The summed E-state index contributed by atoms with van der Waals surface area (Å²) in [5.74, 6) is 0.301. The van der Waals surface area contributed by atoms with Crippen molar-refractivity contribution in [3.05, 3.63) is 5.51 Å². The molecule has 4 nitrogen and oxygen atoms in total. The van der Waals surface area contributed by atoms with Gasteiger partial charge in [0.2, 0.25) is 5.91 Å². The number of carbonyl (C=O) groups is 1. The van der Waals surface area contributed by atoms with Gasteiger partial charge in [0, 0.05) is 6.92 Å². The van der Waals surface area contributed by atoms with Crippen LogP contribution in [-0.2, 0) is 4.79 Å². The second kappa shape index (κ2) is 2.66. The Morgan fingerprint density at radius 1 is 1.90 bits per heavy atom. The van der Waals surface area contributed by atoms with E-state index < -0.39 is 0 Å². The molecule has 1 aromatic heterocycles. The molecule has 0 saturated carbocycles. The summed E-state index contributed by atoms with van der Waals surface area (Å²) in [4.78, 5) is 14.3. The number of amides is 1. The van der Waals surface area contributed by atoms with Gasteiger partial charge in [-0.1, -0.05) is 0 Å². The third-order valence-electron chi connectivity index (χ3n) is 0.889. The van der Waals surface area contributed by atoms with Crippen LogP contribution in [0.3, 0.4) is 0 Å². The lowest BCUT2D eigenvalue weighted by atomic mass is 10.6. The molecule has 0 radical (unpaired) electrons. The number of aromatic nitrogens is 1. The summed E-state index contributed by atoms with van der Waals surface area (Å²) in [7, 11) is 0. The molecule has 1 heterocycles. The van der Waals surface area contributed by atoms with Gasteiger partial charge >= 0.3 is 0 Å². The number of nitrogens with one attached hydrogen (secondary N) is 1. The summed E-state index contributed by atoms with van der Waals surface area (Å²) in [6.45, 7) is 1.42. The molecule has 10 heavy (non-hydrogen) atoms. The Hall–Kier alpha value is -1.10. The minimum atomic E-state index is -0.155. The van der Waals surface area contributed by atoms with Crippen molar-refractivity contribution < 1.29 is 4.79 Å². The van der Waals surface area contributed by atoms with Crippen molar-refractivity contribution in [1.82, 2.24) is 4.98 Å². The van der Waals surface area contributed by atoms with E-state index in [4.69, 9.17) is 5.73 Å². The van der Waals surface area contributed by atoms with Gasteiger partial charge < -0.3 is 11.1 Å². The summed E-state index contributed by atoms with van der Waals surface area (Å²) in [6, 6.07) is 0. The molecular formula is C5H7N3OS. The van der Waals surface area contributed by atoms with Crippen molar-refractivity contribution >= 4 is 28.1 Å². The zero-order valence-electron chi connectivity index (χ0n) is 5.42.